The van der Waals surface area contributed by atoms with Crippen LogP contribution in [0, 0.1) is 5.92 Å². The molecule has 7 heteroatoms. The number of nitrogens with zero attached hydrogens (tertiary/aromatic N) is 1. The molecule has 3 fully saturated rings. The zero-order valence-electron chi connectivity index (χ0n) is 20.1. The molecule has 5 atom stereocenters. The number of thiophene rings is 1. The molecule has 3 aliphatic carbocycles. The Balaban J connectivity index is 1.20. The van der Waals surface area contributed by atoms with Gasteiger partial charge in [-0.2, -0.15) is 0 Å². The molecule has 2 aliphatic heterocycles. The smallest absolute Gasteiger partial charge is 0.252 e. The first-order chi connectivity index (χ1) is 17.5. The number of piperidine rings is 1. The van der Waals surface area contributed by atoms with E-state index in [1.807, 2.05) is 35.7 Å². The number of nitrogens with one attached hydrogen (secondary N) is 1. The molecule has 3 aromatic rings. The van der Waals surface area contributed by atoms with E-state index < -0.39 is 17.1 Å². The second-order valence-corrected chi connectivity index (χ2v) is 12.5. The minimum absolute atomic E-state index is 0.0390. The maximum Gasteiger partial charge on any atom is 0.252 e. The summed E-state index contributed by atoms with van der Waals surface area (Å²) < 4.78 is 7.68. The van der Waals surface area contributed by atoms with Crippen LogP contribution in [0.5, 0.6) is 11.5 Å². The van der Waals surface area contributed by atoms with Crippen molar-refractivity contribution in [2.24, 2.45) is 5.92 Å². The summed E-state index contributed by atoms with van der Waals surface area (Å²) in [6, 6.07) is 11.4. The predicted molar refractivity (Wildman–Crippen MR) is 138 cm³/mol. The number of hydrogen-bond acceptors (Lipinski definition) is 6. The lowest BCUT2D eigenvalue weighted by Gasteiger charge is -2.64. The normalized spacial score (nSPS) is 34.3. The van der Waals surface area contributed by atoms with Crippen molar-refractivity contribution in [3.63, 3.8) is 0 Å². The topological polar surface area (TPSA) is 82.0 Å². The molecule has 2 saturated carbocycles. The standard InChI is InChI=1S/C29H30N2O4S/c32-21-7-6-17-14-23-29(34)10-8-20(30-27(33)19-2-1-3-22-18(19)9-13-36-22)26-28(29,24(17)25(21)35-26)11-12-31(23)15-16-4-5-16/h1-3,6-7,9,13,16,20,23,26,32,34H,4-5,8,10-12,14-15H2,(H,30,33)/t20-,23+,26-,28-,29+/m0/s1. The minimum Gasteiger partial charge on any atom is -0.504 e. The Morgan fingerprint density at radius 2 is 2.06 bits per heavy atom. The molecule has 0 radical (unpaired) electrons. The average Bonchev–Trinajstić information content (AvgIpc) is 3.41. The van der Waals surface area contributed by atoms with Crippen molar-refractivity contribution in [3.05, 3.63) is 58.5 Å². The molecular weight excluding hydrogens is 472 g/mol. The van der Waals surface area contributed by atoms with Crippen molar-refractivity contribution in [1.82, 2.24) is 10.2 Å². The summed E-state index contributed by atoms with van der Waals surface area (Å²) in [6.07, 6.45) is 4.98. The van der Waals surface area contributed by atoms with Crippen LogP contribution >= 0.6 is 11.3 Å². The van der Waals surface area contributed by atoms with Crippen LogP contribution in [0.2, 0.25) is 0 Å². The molecule has 8 rings (SSSR count). The molecule has 3 N–H and O–H groups in total. The van der Waals surface area contributed by atoms with Crippen molar-refractivity contribution >= 4 is 27.3 Å². The summed E-state index contributed by atoms with van der Waals surface area (Å²) >= 11 is 1.63. The molecule has 6 nitrogen and oxygen atoms in total. The molecule has 1 amide bonds. The summed E-state index contributed by atoms with van der Waals surface area (Å²) in [7, 11) is 0. The maximum atomic E-state index is 13.6. The number of phenolic OH excluding ortho intramolecular Hbond substituents is 1. The molecule has 3 heterocycles. The van der Waals surface area contributed by atoms with Crippen LogP contribution < -0.4 is 10.1 Å². The van der Waals surface area contributed by atoms with Gasteiger partial charge in [0.05, 0.1) is 17.1 Å². The quantitative estimate of drug-likeness (QED) is 0.503. The van der Waals surface area contributed by atoms with Crippen LogP contribution in [0.3, 0.4) is 0 Å². The molecule has 1 aromatic heterocycles. The fourth-order valence-corrected chi connectivity index (χ4v) is 8.88. The summed E-state index contributed by atoms with van der Waals surface area (Å²) in [5, 5.41) is 29.7. The number of carbonyl (C=O) groups is 1. The van der Waals surface area contributed by atoms with E-state index in [4.69, 9.17) is 4.74 Å². The molecule has 36 heavy (non-hydrogen) atoms. The first-order valence-electron chi connectivity index (χ1n) is 13.2. The monoisotopic (exact) mass is 502 g/mol. The fourth-order valence-electron chi connectivity index (χ4n) is 8.07. The lowest BCUT2D eigenvalue weighted by molar-refractivity contribution is -0.191. The number of amides is 1. The van der Waals surface area contributed by atoms with Gasteiger partial charge in [-0.25, -0.2) is 0 Å². The second kappa shape index (κ2) is 7.24. The van der Waals surface area contributed by atoms with Gasteiger partial charge < -0.3 is 20.3 Å². The lowest BCUT2D eigenvalue weighted by Crippen LogP contribution is -2.78. The first kappa shape index (κ1) is 21.5. The number of hydrogen-bond donors (Lipinski definition) is 3. The van der Waals surface area contributed by atoms with E-state index in [9.17, 15) is 15.0 Å². The number of rotatable bonds is 4. The Labute approximate surface area is 213 Å². The number of aliphatic hydroxyl groups is 1. The SMILES string of the molecule is O=C(N[C@H]1CC[C@@]2(O)[C@H]3Cc4ccc(O)c5c4[C@@]2(CCN3CC2CC2)[C@H]1O5)c1cccc2sccc12. The third kappa shape index (κ3) is 2.66. The van der Waals surface area contributed by atoms with Crippen molar-refractivity contribution in [1.29, 1.82) is 0 Å². The van der Waals surface area contributed by atoms with Crippen LogP contribution in [0.1, 0.15) is 53.6 Å². The number of fused-ring (bicyclic) bond motifs is 1. The molecule has 2 aromatic carbocycles. The van der Waals surface area contributed by atoms with Crippen molar-refractivity contribution in [2.75, 3.05) is 13.1 Å². The van der Waals surface area contributed by atoms with Crippen LogP contribution in [0.4, 0.5) is 0 Å². The van der Waals surface area contributed by atoms with Gasteiger partial charge in [-0.05, 0) is 86.2 Å². The van der Waals surface area contributed by atoms with E-state index in [0.29, 0.717) is 24.2 Å². The first-order valence-corrected chi connectivity index (χ1v) is 14.1. The van der Waals surface area contributed by atoms with E-state index in [0.717, 1.165) is 47.5 Å². The summed E-state index contributed by atoms with van der Waals surface area (Å²) in [4.78, 5) is 16.1. The Bertz CT molecular complexity index is 1420. The van der Waals surface area contributed by atoms with Gasteiger partial charge in [-0.3, -0.25) is 9.69 Å². The number of benzene rings is 2. The van der Waals surface area contributed by atoms with E-state index in [1.54, 1.807) is 17.4 Å². The van der Waals surface area contributed by atoms with Gasteiger partial charge in [0.15, 0.2) is 11.5 Å². The van der Waals surface area contributed by atoms with E-state index >= 15 is 0 Å². The highest BCUT2D eigenvalue weighted by molar-refractivity contribution is 7.17. The molecule has 2 bridgehead atoms. The highest BCUT2D eigenvalue weighted by Gasteiger charge is 2.73. The highest BCUT2D eigenvalue weighted by Crippen LogP contribution is 2.65. The van der Waals surface area contributed by atoms with E-state index in [2.05, 4.69) is 10.2 Å². The highest BCUT2D eigenvalue weighted by atomic mass is 32.1. The van der Waals surface area contributed by atoms with Crippen LogP contribution in [-0.4, -0.2) is 57.9 Å². The van der Waals surface area contributed by atoms with Gasteiger partial charge >= 0.3 is 0 Å². The number of phenols is 1. The minimum atomic E-state index is -0.939. The molecule has 5 aliphatic rings. The van der Waals surface area contributed by atoms with Crippen molar-refractivity contribution in [2.45, 2.75) is 67.7 Å². The summed E-state index contributed by atoms with van der Waals surface area (Å²) in [5.41, 5.74) is 1.29. The predicted octanol–water partition coefficient (Wildman–Crippen LogP) is 3.97. The third-order valence-corrected chi connectivity index (χ3v) is 10.7. The van der Waals surface area contributed by atoms with Gasteiger partial charge in [-0.1, -0.05) is 12.1 Å². The van der Waals surface area contributed by atoms with Crippen LogP contribution in [-0.2, 0) is 11.8 Å². The molecule has 1 spiro atoms. The third-order valence-electron chi connectivity index (χ3n) is 9.82. The van der Waals surface area contributed by atoms with Crippen LogP contribution in [0.15, 0.2) is 41.8 Å². The van der Waals surface area contributed by atoms with E-state index in [1.165, 1.54) is 18.4 Å². The Kier molecular flexibility index (Phi) is 4.32. The Hall–Kier alpha value is -2.61. The van der Waals surface area contributed by atoms with Crippen molar-refractivity contribution < 1.29 is 19.7 Å². The fraction of sp³-hybridized carbons (Fsp3) is 0.483. The number of carbonyl (C=O) groups excluding carboxylic acids is 1. The van der Waals surface area contributed by atoms with Gasteiger partial charge in [0, 0.05) is 33.8 Å². The van der Waals surface area contributed by atoms with Crippen molar-refractivity contribution in [3.8, 4) is 11.5 Å². The molecule has 1 saturated heterocycles. The Morgan fingerprint density at radius 3 is 2.92 bits per heavy atom. The maximum absolute atomic E-state index is 13.6. The summed E-state index contributed by atoms with van der Waals surface area (Å²) in [5.74, 6) is 1.30. The lowest BCUT2D eigenvalue weighted by atomic mass is 9.48. The van der Waals surface area contributed by atoms with Gasteiger partial charge in [0.2, 0.25) is 0 Å². The van der Waals surface area contributed by atoms with Gasteiger partial charge in [-0.15, -0.1) is 11.3 Å². The largest absolute Gasteiger partial charge is 0.504 e. The average molecular weight is 503 g/mol. The molecule has 0 unspecified atom stereocenters. The number of ether oxygens (including phenoxy) is 1. The molecular formula is C29H30N2O4S. The van der Waals surface area contributed by atoms with Gasteiger partial charge in [0.25, 0.3) is 5.91 Å². The zero-order chi connectivity index (χ0) is 24.2. The van der Waals surface area contributed by atoms with Crippen LogP contribution in [0.25, 0.3) is 10.1 Å². The van der Waals surface area contributed by atoms with E-state index in [-0.39, 0.29) is 23.7 Å². The molecule has 186 valence electrons. The zero-order valence-corrected chi connectivity index (χ0v) is 20.9. The Morgan fingerprint density at radius 1 is 1.17 bits per heavy atom. The second-order valence-electron chi connectivity index (χ2n) is 11.5. The number of aromatic hydroxyl groups is 1. The van der Waals surface area contributed by atoms with Gasteiger partial charge in [0.1, 0.15) is 6.10 Å². The summed E-state index contributed by atoms with van der Waals surface area (Å²) in [6.45, 7) is 1.96. The number of likely N-dealkylation sites (tertiary alicyclic amines) is 1.